The quantitative estimate of drug-likeness (QED) is 0.911. The summed E-state index contributed by atoms with van der Waals surface area (Å²) >= 11 is 6.11. The van der Waals surface area contributed by atoms with Crippen molar-refractivity contribution in [1.29, 1.82) is 0 Å². The van der Waals surface area contributed by atoms with Gasteiger partial charge in [0.2, 0.25) is 0 Å². The van der Waals surface area contributed by atoms with Crippen LogP contribution in [0.3, 0.4) is 0 Å². The molecule has 5 heteroatoms. The lowest BCUT2D eigenvalue weighted by Crippen LogP contribution is -2.23. The van der Waals surface area contributed by atoms with Crippen molar-refractivity contribution in [3.63, 3.8) is 0 Å². The molecule has 0 aliphatic heterocycles. The molecule has 1 amide bonds. The van der Waals surface area contributed by atoms with Gasteiger partial charge in [-0.2, -0.15) is 0 Å². The molecule has 2 N–H and O–H groups in total. The summed E-state index contributed by atoms with van der Waals surface area (Å²) in [5.41, 5.74) is 1.83. The molecule has 4 nitrogen and oxygen atoms in total. The molecule has 0 heterocycles. The zero-order valence-corrected chi connectivity index (χ0v) is 12.6. The van der Waals surface area contributed by atoms with Gasteiger partial charge < -0.3 is 15.2 Å². The Morgan fingerprint density at radius 3 is 2.76 bits per heavy atom. The summed E-state index contributed by atoms with van der Waals surface area (Å²) in [5, 5.41) is 12.9. The van der Waals surface area contributed by atoms with Crippen LogP contribution < -0.4 is 10.1 Å². The average molecular weight is 306 g/mol. The van der Waals surface area contributed by atoms with E-state index in [2.05, 4.69) is 5.32 Å². The highest BCUT2D eigenvalue weighted by Crippen LogP contribution is 2.26. The molecule has 0 unspecified atom stereocenters. The Morgan fingerprint density at radius 2 is 2.10 bits per heavy atom. The number of carbonyl (C=O) groups is 1. The summed E-state index contributed by atoms with van der Waals surface area (Å²) in [6, 6.07) is 10.1. The Kier molecular flexibility index (Phi) is 4.70. The van der Waals surface area contributed by atoms with Gasteiger partial charge in [-0.15, -0.1) is 0 Å². The van der Waals surface area contributed by atoms with Gasteiger partial charge in [0.15, 0.2) is 0 Å². The van der Waals surface area contributed by atoms with Crippen LogP contribution in [0.1, 0.15) is 21.5 Å². The lowest BCUT2D eigenvalue weighted by Gasteiger charge is -2.11. The number of amides is 1. The monoisotopic (exact) mass is 305 g/mol. The van der Waals surface area contributed by atoms with Crippen molar-refractivity contribution >= 4 is 17.5 Å². The number of rotatable bonds is 4. The summed E-state index contributed by atoms with van der Waals surface area (Å²) in [4.78, 5) is 12.1. The number of ether oxygens (including phenoxy) is 1. The van der Waals surface area contributed by atoms with Crippen LogP contribution in [0.2, 0.25) is 5.02 Å². The molecular formula is C16H16ClNO3. The van der Waals surface area contributed by atoms with E-state index in [0.717, 1.165) is 5.56 Å². The third-order valence-corrected chi connectivity index (χ3v) is 3.55. The molecule has 0 aliphatic rings. The fraction of sp³-hybridized carbons (Fsp3) is 0.188. The minimum Gasteiger partial charge on any atom is -0.508 e. The van der Waals surface area contributed by atoms with Gasteiger partial charge in [-0.1, -0.05) is 23.7 Å². The van der Waals surface area contributed by atoms with Gasteiger partial charge in [0, 0.05) is 22.7 Å². The lowest BCUT2D eigenvalue weighted by atomic mass is 10.1. The summed E-state index contributed by atoms with van der Waals surface area (Å²) in [6.07, 6.45) is 0. The number of halogens is 1. The number of aryl methyl sites for hydroxylation is 1. The fourth-order valence-corrected chi connectivity index (χ4v) is 2.16. The van der Waals surface area contributed by atoms with Gasteiger partial charge in [0.25, 0.3) is 5.91 Å². The van der Waals surface area contributed by atoms with Crippen LogP contribution >= 0.6 is 11.6 Å². The fourth-order valence-electron chi connectivity index (χ4n) is 1.92. The molecular weight excluding hydrogens is 290 g/mol. The van der Waals surface area contributed by atoms with E-state index in [9.17, 15) is 9.90 Å². The van der Waals surface area contributed by atoms with Crippen LogP contribution in [-0.4, -0.2) is 18.1 Å². The summed E-state index contributed by atoms with van der Waals surface area (Å²) < 4.78 is 5.22. The molecule has 21 heavy (non-hydrogen) atoms. The molecule has 2 aromatic carbocycles. The van der Waals surface area contributed by atoms with Gasteiger partial charge in [-0.25, -0.2) is 0 Å². The third-order valence-electron chi connectivity index (χ3n) is 3.19. The van der Waals surface area contributed by atoms with E-state index >= 15 is 0 Å². The summed E-state index contributed by atoms with van der Waals surface area (Å²) in [5.74, 6) is 0.430. The number of hydrogen-bond donors (Lipinski definition) is 2. The Labute approximate surface area is 128 Å². The van der Waals surface area contributed by atoms with E-state index in [1.165, 1.54) is 6.07 Å². The highest BCUT2D eigenvalue weighted by Gasteiger charge is 2.11. The molecule has 0 atom stereocenters. The van der Waals surface area contributed by atoms with Crippen LogP contribution in [-0.2, 0) is 6.54 Å². The smallest absolute Gasteiger partial charge is 0.251 e. The predicted molar refractivity (Wildman–Crippen MR) is 82.0 cm³/mol. The number of phenolic OH excluding ortho intramolecular Hbond substituents is 1. The van der Waals surface area contributed by atoms with E-state index < -0.39 is 0 Å². The van der Waals surface area contributed by atoms with E-state index in [4.69, 9.17) is 16.3 Å². The minimum absolute atomic E-state index is 0.0953. The molecule has 110 valence electrons. The van der Waals surface area contributed by atoms with E-state index in [-0.39, 0.29) is 18.2 Å². The van der Waals surface area contributed by atoms with Gasteiger partial charge in [0.05, 0.1) is 7.11 Å². The van der Waals surface area contributed by atoms with Crippen LogP contribution in [0.5, 0.6) is 11.5 Å². The molecule has 0 aliphatic carbocycles. The molecule has 0 saturated carbocycles. The first-order chi connectivity index (χ1) is 10.0. The standard InChI is InChI=1S/C16H16ClNO3/c1-10-6-7-11(8-14(10)19)16(20)18-9-12-13(17)4-3-5-15(12)21-2/h3-8,19H,9H2,1-2H3,(H,18,20). The first kappa shape index (κ1) is 15.2. The Morgan fingerprint density at radius 1 is 1.33 bits per heavy atom. The molecule has 0 fully saturated rings. The van der Waals surface area contributed by atoms with Gasteiger partial charge >= 0.3 is 0 Å². The van der Waals surface area contributed by atoms with Crippen molar-refractivity contribution in [1.82, 2.24) is 5.32 Å². The number of benzene rings is 2. The summed E-state index contributed by atoms with van der Waals surface area (Å²) in [6.45, 7) is 2.02. The maximum absolute atomic E-state index is 12.1. The largest absolute Gasteiger partial charge is 0.508 e. The third kappa shape index (κ3) is 3.47. The zero-order valence-electron chi connectivity index (χ0n) is 11.8. The normalized spacial score (nSPS) is 10.2. The van der Waals surface area contributed by atoms with Crippen molar-refractivity contribution < 1.29 is 14.6 Å². The van der Waals surface area contributed by atoms with E-state index in [1.807, 2.05) is 0 Å². The molecule has 2 rings (SSSR count). The van der Waals surface area contributed by atoms with Gasteiger partial charge in [-0.3, -0.25) is 4.79 Å². The number of methoxy groups -OCH3 is 1. The minimum atomic E-state index is -0.285. The lowest BCUT2D eigenvalue weighted by molar-refractivity contribution is 0.0950. The maximum atomic E-state index is 12.1. The van der Waals surface area contributed by atoms with Crippen molar-refractivity contribution in [3.8, 4) is 11.5 Å². The Balaban J connectivity index is 2.13. The molecule has 0 radical (unpaired) electrons. The second-order valence-electron chi connectivity index (χ2n) is 4.60. The zero-order chi connectivity index (χ0) is 15.4. The maximum Gasteiger partial charge on any atom is 0.251 e. The Bertz CT molecular complexity index is 671. The highest BCUT2D eigenvalue weighted by molar-refractivity contribution is 6.31. The molecule has 2 aromatic rings. The van der Waals surface area contributed by atoms with Crippen molar-refractivity contribution in [2.75, 3.05) is 7.11 Å². The second-order valence-corrected chi connectivity index (χ2v) is 5.01. The van der Waals surface area contributed by atoms with Gasteiger partial charge in [-0.05, 0) is 36.8 Å². The molecule has 0 aromatic heterocycles. The number of hydrogen-bond acceptors (Lipinski definition) is 3. The summed E-state index contributed by atoms with van der Waals surface area (Å²) in [7, 11) is 1.55. The predicted octanol–water partition coefficient (Wildman–Crippen LogP) is 3.29. The van der Waals surface area contributed by atoms with Crippen LogP contribution in [0.25, 0.3) is 0 Å². The average Bonchev–Trinajstić information content (AvgIpc) is 2.48. The first-order valence-corrected chi connectivity index (χ1v) is 6.80. The van der Waals surface area contributed by atoms with E-state index in [0.29, 0.717) is 21.9 Å². The number of phenols is 1. The number of aromatic hydroxyl groups is 1. The first-order valence-electron chi connectivity index (χ1n) is 6.42. The second kappa shape index (κ2) is 6.50. The van der Waals surface area contributed by atoms with Crippen LogP contribution in [0.4, 0.5) is 0 Å². The van der Waals surface area contributed by atoms with Crippen LogP contribution in [0.15, 0.2) is 36.4 Å². The number of nitrogens with one attached hydrogen (secondary N) is 1. The molecule has 0 saturated heterocycles. The molecule has 0 spiro atoms. The SMILES string of the molecule is COc1cccc(Cl)c1CNC(=O)c1ccc(C)c(O)c1. The van der Waals surface area contributed by atoms with Crippen molar-refractivity contribution in [3.05, 3.63) is 58.1 Å². The van der Waals surface area contributed by atoms with Crippen LogP contribution in [0, 0.1) is 6.92 Å². The molecule has 0 bridgehead atoms. The topological polar surface area (TPSA) is 58.6 Å². The van der Waals surface area contributed by atoms with Crippen molar-refractivity contribution in [2.24, 2.45) is 0 Å². The number of carbonyl (C=O) groups excluding carboxylic acids is 1. The van der Waals surface area contributed by atoms with Crippen molar-refractivity contribution in [2.45, 2.75) is 13.5 Å². The van der Waals surface area contributed by atoms with Gasteiger partial charge in [0.1, 0.15) is 11.5 Å². The highest BCUT2D eigenvalue weighted by atomic mass is 35.5. The Hall–Kier alpha value is -2.20. The van der Waals surface area contributed by atoms with E-state index in [1.54, 1.807) is 44.4 Å².